The van der Waals surface area contributed by atoms with E-state index in [0.29, 0.717) is 11.4 Å². The Kier molecular flexibility index (Phi) is 2.50. The number of rotatable bonds is 1. The summed E-state index contributed by atoms with van der Waals surface area (Å²) in [5, 5.41) is 3.82. The second-order valence-corrected chi connectivity index (χ2v) is 4.41. The van der Waals surface area contributed by atoms with Gasteiger partial charge >= 0.3 is 0 Å². The van der Waals surface area contributed by atoms with Crippen LogP contribution in [0.25, 0.3) is 0 Å². The Balaban J connectivity index is 2.31. The van der Waals surface area contributed by atoms with Gasteiger partial charge in [0.1, 0.15) is 5.67 Å². The van der Waals surface area contributed by atoms with Gasteiger partial charge in [-0.15, -0.1) is 0 Å². The minimum Gasteiger partial charge on any atom is -0.307 e. The molecule has 0 radical (unpaired) electrons. The smallest absolute Gasteiger partial charge is 0.128 e. The summed E-state index contributed by atoms with van der Waals surface area (Å²) >= 11 is 5.87. The first-order valence-electron chi connectivity index (χ1n) is 4.77. The molecule has 1 nitrogen and oxygen atoms in total. The van der Waals surface area contributed by atoms with Crippen molar-refractivity contribution in [1.29, 1.82) is 0 Å². The zero-order chi connectivity index (χ0) is 10.2. The van der Waals surface area contributed by atoms with Crippen LogP contribution in [0.3, 0.4) is 0 Å². The zero-order valence-corrected chi connectivity index (χ0v) is 8.81. The first-order chi connectivity index (χ1) is 6.59. The van der Waals surface area contributed by atoms with Crippen molar-refractivity contribution in [2.75, 3.05) is 6.54 Å². The van der Waals surface area contributed by atoms with Crippen molar-refractivity contribution < 1.29 is 4.39 Å². The minimum absolute atomic E-state index is 0.221. The van der Waals surface area contributed by atoms with Crippen molar-refractivity contribution in [2.24, 2.45) is 0 Å². The predicted molar refractivity (Wildman–Crippen MR) is 56.3 cm³/mol. The van der Waals surface area contributed by atoms with Gasteiger partial charge < -0.3 is 5.32 Å². The molecule has 1 aromatic carbocycles. The summed E-state index contributed by atoms with van der Waals surface area (Å²) in [5.74, 6) is 0. The third kappa shape index (κ3) is 1.77. The minimum atomic E-state index is -1.16. The van der Waals surface area contributed by atoms with Gasteiger partial charge in [0.05, 0.1) is 6.04 Å². The zero-order valence-electron chi connectivity index (χ0n) is 8.06. The summed E-state index contributed by atoms with van der Waals surface area (Å²) in [7, 11) is 0. The van der Waals surface area contributed by atoms with E-state index in [4.69, 9.17) is 11.6 Å². The summed E-state index contributed by atoms with van der Waals surface area (Å²) in [5.41, 5.74) is -0.231. The van der Waals surface area contributed by atoms with Crippen molar-refractivity contribution in [2.45, 2.75) is 25.1 Å². The SMILES string of the molecule is CC1(F)CCNC1c1cccc(Cl)c1. The van der Waals surface area contributed by atoms with E-state index in [1.54, 1.807) is 13.0 Å². The van der Waals surface area contributed by atoms with E-state index >= 15 is 0 Å². The molecule has 2 unspecified atom stereocenters. The fourth-order valence-electron chi connectivity index (χ4n) is 1.97. The van der Waals surface area contributed by atoms with Crippen LogP contribution in [0.4, 0.5) is 4.39 Å². The molecule has 1 heterocycles. The Hall–Kier alpha value is -0.600. The molecule has 14 heavy (non-hydrogen) atoms. The van der Waals surface area contributed by atoms with Crippen LogP contribution in [0.1, 0.15) is 24.9 Å². The number of alkyl halides is 1. The topological polar surface area (TPSA) is 12.0 Å². The second kappa shape index (κ2) is 3.52. The molecule has 0 spiro atoms. The first-order valence-corrected chi connectivity index (χ1v) is 5.15. The van der Waals surface area contributed by atoms with E-state index < -0.39 is 5.67 Å². The third-order valence-electron chi connectivity index (χ3n) is 2.75. The fourth-order valence-corrected chi connectivity index (χ4v) is 2.17. The largest absolute Gasteiger partial charge is 0.307 e. The van der Waals surface area contributed by atoms with Crippen molar-refractivity contribution in [3.63, 3.8) is 0 Å². The normalized spacial score (nSPS) is 32.1. The Morgan fingerprint density at radius 3 is 2.93 bits per heavy atom. The molecule has 2 rings (SSSR count). The molecule has 1 fully saturated rings. The van der Waals surface area contributed by atoms with Gasteiger partial charge in [-0.1, -0.05) is 23.7 Å². The van der Waals surface area contributed by atoms with Gasteiger partial charge in [-0.3, -0.25) is 0 Å². The Labute approximate surface area is 88.3 Å². The van der Waals surface area contributed by atoms with Gasteiger partial charge in [-0.2, -0.15) is 0 Å². The quantitative estimate of drug-likeness (QED) is 0.756. The summed E-state index contributed by atoms with van der Waals surface area (Å²) in [6.07, 6.45) is 0.560. The number of hydrogen-bond acceptors (Lipinski definition) is 1. The van der Waals surface area contributed by atoms with E-state index in [1.807, 2.05) is 18.2 Å². The van der Waals surface area contributed by atoms with Crippen molar-refractivity contribution >= 4 is 11.6 Å². The molecule has 1 aliphatic rings. The summed E-state index contributed by atoms with van der Waals surface area (Å²) in [6, 6.07) is 7.17. The van der Waals surface area contributed by atoms with Crippen LogP contribution >= 0.6 is 11.6 Å². The van der Waals surface area contributed by atoms with E-state index in [9.17, 15) is 4.39 Å². The highest BCUT2D eigenvalue weighted by molar-refractivity contribution is 6.30. The standard InChI is InChI=1S/C11H13ClFN/c1-11(13)5-6-14-10(11)8-3-2-4-9(12)7-8/h2-4,7,10,14H,5-6H2,1H3. The van der Waals surface area contributed by atoms with Gasteiger partial charge in [0.25, 0.3) is 0 Å². The number of halogens is 2. The molecule has 1 aliphatic heterocycles. The highest BCUT2D eigenvalue weighted by Gasteiger charge is 2.39. The fraction of sp³-hybridized carbons (Fsp3) is 0.455. The van der Waals surface area contributed by atoms with Crippen LogP contribution in [-0.2, 0) is 0 Å². The van der Waals surface area contributed by atoms with E-state index in [-0.39, 0.29) is 6.04 Å². The highest BCUT2D eigenvalue weighted by atomic mass is 35.5. The number of nitrogens with one attached hydrogen (secondary N) is 1. The van der Waals surface area contributed by atoms with Gasteiger partial charge in [0.2, 0.25) is 0 Å². The van der Waals surface area contributed by atoms with Crippen LogP contribution in [0, 0.1) is 0 Å². The maximum Gasteiger partial charge on any atom is 0.128 e. The van der Waals surface area contributed by atoms with E-state index in [1.165, 1.54) is 0 Å². The summed E-state index contributed by atoms with van der Waals surface area (Å²) in [6.45, 7) is 2.36. The molecule has 76 valence electrons. The first kappa shape index (κ1) is 9.94. The molecule has 1 saturated heterocycles. The van der Waals surface area contributed by atoms with Crippen LogP contribution in [0.5, 0.6) is 0 Å². The average Bonchev–Trinajstić information content (AvgIpc) is 2.45. The molecule has 0 saturated carbocycles. The van der Waals surface area contributed by atoms with Crippen molar-refractivity contribution in [1.82, 2.24) is 5.32 Å². The Morgan fingerprint density at radius 2 is 2.36 bits per heavy atom. The molecule has 1 N–H and O–H groups in total. The number of benzene rings is 1. The van der Waals surface area contributed by atoms with Gasteiger partial charge in [-0.25, -0.2) is 4.39 Å². The molecule has 0 amide bonds. The Morgan fingerprint density at radius 1 is 1.57 bits per heavy atom. The van der Waals surface area contributed by atoms with E-state index in [2.05, 4.69) is 5.32 Å². The summed E-state index contributed by atoms with van der Waals surface area (Å²) < 4.78 is 14.0. The lowest BCUT2D eigenvalue weighted by molar-refractivity contribution is 0.168. The van der Waals surface area contributed by atoms with Crippen LogP contribution in [0.15, 0.2) is 24.3 Å². The molecule has 3 heteroatoms. The average molecular weight is 214 g/mol. The molecule has 0 bridgehead atoms. The lowest BCUT2D eigenvalue weighted by atomic mass is 9.93. The molecule has 0 aliphatic carbocycles. The lowest BCUT2D eigenvalue weighted by Gasteiger charge is -2.22. The maximum atomic E-state index is 14.0. The van der Waals surface area contributed by atoms with Gasteiger partial charge in [-0.05, 0) is 37.6 Å². The van der Waals surface area contributed by atoms with Crippen molar-refractivity contribution in [3.05, 3.63) is 34.9 Å². The van der Waals surface area contributed by atoms with Gasteiger partial charge in [0.15, 0.2) is 0 Å². The number of hydrogen-bond donors (Lipinski definition) is 1. The van der Waals surface area contributed by atoms with Crippen LogP contribution in [0.2, 0.25) is 5.02 Å². The summed E-state index contributed by atoms with van der Waals surface area (Å²) in [4.78, 5) is 0. The molecular weight excluding hydrogens is 201 g/mol. The third-order valence-corrected chi connectivity index (χ3v) is 2.98. The Bertz CT molecular complexity index is 338. The van der Waals surface area contributed by atoms with Crippen molar-refractivity contribution in [3.8, 4) is 0 Å². The molecule has 1 aromatic rings. The van der Waals surface area contributed by atoms with Crippen LogP contribution in [-0.4, -0.2) is 12.2 Å². The van der Waals surface area contributed by atoms with Crippen LogP contribution < -0.4 is 5.32 Å². The highest BCUT2D eigenvalue weighted by Crippen LogP contribution is 2.36. The van der Waals surface area contributed by atoms with Gasteiger partial charge in [0, 0.05) is 5.02 Å². The maximum absolute atomic E-state index is 14.0. The monoisotopic (exact) mass is 213 g/mol. The molecular formula is C11H13ClFN. The second-order valence-electron chi connectivity index (χ2n) is 3.97. The predicted octanol–water partition coefficient (Wildman–Crippen LogP) is 3.10. The molecule has 2 atom stereocenters. The lowest BCUT2D eigenvalue weighted by Crippen LogP contribution is -2.27. The van der Waals surface area contributed by atoms with E-state index in [0.717, 1.165) is 12.1 Å². The molecule has 0 aromatic heterocycles.